The van der Waals surface area contributed by atoms with Gasteiger partial charge in [-0.3, -0.25) is 0 Å². The van der Waals surface area contributed by atoms with Crippen molar-refractivity contribution in [2.75, 3.05) is 0 Å². The summed E-state index contributed by atoms with van der Waals surface area (Å²) >= 11 is 0. The summed E-state index contributed by atoms with van der Waals surface area (Å²) in [4.78, 5) is 16.1. The zero-order valence-corrected chi connectivity index (χ0v) is 34.0. The Morgan fingerprint density at radius 1 is 0.295 bits per heavy atom. The molecule has 0 amide bonds. The Balaban J connectivity index is 1.20. The Hall–Kier alpha value is -7.75. The number of aromatic nitrogens is 3. The first-order chi connectivity index (χ1) is 30.0. The average Bonchev–Trinajstić information content (AvgIpc) is 3.56. The lowest BCUT2D eigenvalue weighted by molar-refractivity contribution is 0.660. The van der Waals surface area contributed by atoms with Gasteiger partial charge in [0.15, 0.2) is 17.5 Å². The molecule has 3 nitrogen and oxygen atoms in total. The van der Waals surface area contributed by atoms with Crippen LogP contribution in [0.2, 0.25) is 0 Å². The number of rotatable bonds is 7. The van der Waals surface area contributed by atoms with Crippen molar-refractivity contribution in [3.63, 3.8) is 0 Å². The van der Waals surface area contributed by atoms with Crippen molar-refractivity contribution < 1.29 is 0 Å². The first-order valence-electron chi connectivity index (χ1n) is 20.9. The lowest BCUT2D eigenvalue weighted by atomic mass is 9.81. The lowest BCUT2D eigenvalue weighted by Crippen LogP contribution is -2.14. The fraction of sp³-hybridized carbons (Fsp3) is 0.0517. The van der Waals surface area contributed by atoms with Crippen LogP contribution in [0.1, 0.15) is 25.0 Å². The molecule has 0 aliphatic heterocycles. The molecule has 0 unspecified atom stereocenters. The zero-order valence-electron chi connectivity index (χ0n) is 34.0. The van der Waals surface area contributed by atoms with Crippen LogP contribution in [0.25, 0.3) is 101 Å². The van der Waals surface area contributed by atoms with Gasteiger partial charge in [-0.25, -0.2) is 15.0 Å². The molecule has 0 fully saturated rings. The molecular formula is C58H41N3. The van der Waals surface area contributed by atoms with Gasteiger partial charge in [-0.15, -0.1) is 0 Å². The summed E-state index contributed by atoms with van der Waals surface area (Å²) in [7, 11) is 0. The molecule has 1 heterocycles. The van der Waals surface area contributed by atoms with Crippen LogP contribution >= 0.6 is 0 Å². The molecule has 11 rings (SSSR count). The molecule has 0 N–H and O–H groups in total. The Labute approximate surface area is 356 Å². The molecule has 0 spiro atoms. The van der Waals surface area contributed by atoms with Gasteiger partial charge in [0, 0.05) is 27.7 Å². The monoisotopic (exact) mass is 779 g/mol. The van der Waals surface area contributed by atoms with Crippen molar-refractivity contribution in [3.05, 3.63) is 223 Å². The number of fused-ring (bicyclic) bond motifs is 4. The molecule has 288 valence electrons. The summed E-state index contributed by atoms with van der Waals surface area (Å²) in [6, 6.07) is 75.7. The molecule has 0 bridgehead atoms. The van der Waals surface area contributed by atoms with Gasteiger partial charge < -0.3 is 0 Å². The molecular weight excluding hydrogens is 739 g/mol. The Bertz CT molecular complexity index is 3240. The summed E-state index contributed by atoms with van der Waals surface area (Å²) < 4.78 is 0. The van der Waals surface area contributed by atoms with Crippen molar-refractivity contribution in [2.45, 2.75) is 19.3 Å². The first kappa shape index (κ1) is 36.3. The molecule has 1 aromatic heterocycles. The SMILES string of the molecule is CC1(C)c2ccccc2-c2cc(-c3cc(-c4ccccc4)cc(-c4nc(-c5ccc(-c6ccccc6)cc5)nc(-c5cccc6ccccc56)n4)c3-c3ccccc3)ccc21. The van der Waals surface area contributed by atoms with E-state index in [0.717, 1.165) is 72.0 Å². The van der Waals surface area contributed by atoms with E-state index in [4.69, 9.17) is 15.0 Å². The predicted octanol–water partition coefficient (Wildman–Crippen LogP) is 15.0. The van der Waals surface area contributed by atoms with Gasteiger partial charge in [0.2, 0.25) is 0 Å². The van der Waals surface area contributed by atoms with Crippen LogP contribution in [0, 0.1) is 0 Å². The van der Waals surface area contributed by atoms with E-state index < -0.39 is 0 Å². The van der Waals surface area contributed by atoms with Gasteiger partial charge in [-0.1, -0.05) is 208 Å². The normalized spacial score (nSPS) is 12.6. The van der Waals surface area contributed by atoms with Crippen molar-refractivity contribution >= 4 is 10.8 Å². The van der Waals surface area contributed by atoms with Gasteiger partial charge in [0.25, 0.3) is 0 Å². The minimum atomic E-state index is -0.0949. The maximum absolute atomic E-state index is 5.45. The van der Waals surface area contributed by atoms with Gasteiger partial charge in [0.05, 0.1) is 0 Å². The van der Waals surface area contributed by atoms with Gasteiger partial charge in [-0.05, 0) is 90.2 Å². The minimum absolute atomic E-state index is 0.0949. The fourth-order valence-electron chi connectivity index (χ4n) is 9.26. The summed E-state index contributed by atoms with van der Waals surface area (Å²) in [6.07, 6.45) is 0. The molecule has 0 radical (unpaired) electrons. The van der Waals surface area contributed by atoms with Crippen molar-refractivity contribution in [2.24, 2.45) is 0 Å². The van der Waals surface area contributed by atoms with Crippen LogP contribution in [0.15, 0.2) is 212 Å². The van der Waals surface area contributed by atoms with Crippen molar-refractivity contribution in [3.8, 4) is 89.8 Å². The highest BCUT2D eigenvalue weighted by atomic mass is 15.0. The van der Waals surface area contributed by atoms with E-state index in [0.29, 0.717) is 17.5 Å². The van der Waals surface area contributed by atoms with Crippen LogP contribution in [0.4, 0.5) is 0 Å². The topological polar surface area (TPSA) is 38.7 Å². The zero-order chi connectivity index (χ0) is 40.9. The highest BCUT2D eigenvalue weighted by molar-refractivity contribution is 5.99. The molecule has 1 aliphatic carbocycles. The largest absolute Gasteiger partial charge is 0.208 e. The van der Waals surface area contributed by atoms with E-state index in [1.807, 2.05) is 6.07 Å². The van der Waals surface area contributed by atoms with Crippen molar-refractivity contribution in [1.82, 2.24) is 15.0 Å². The van der Waals surface area contributed by atoms with E-state index in [2.05, 4.69) is 220 Å². The Kier molecular flexibility index (Phi) is 8.82. The maximum Gasteiger partial charge on any atom is 0.164 e. The number of hydrogen-bond acceptors (Lipinski definition) is 3. The van der Waals surface area contributed by atoms with Crippen LogP contribution in [0.5, 0.6) is 0 Å². The summed E-state index contributed by atoms with van der Waals surface area (Å²) in [6.45, 7) is 4.67. The Morgan fingerprint density at radius 3 is 1.51 bits per heavy atom. The van der Waals surface area contributed by atoms with E-state index in [-0.39, 0.29) is 5.41 Å². The highest BCUT2D eigenvalue weighted by Gasteiger charge is 2.35. The van der Waals surface area contributed by atoms with E-state index in [1.54, 1.807) is 0 Å². The lowest BCUT2D eigenvalue weighted by Gasteiger charge is -2.22. The second-order valence-electron chi connectivity index (χ2n) is 16.4. The molecule has 61 heavy (non-hydrogen) atoms. The van der Waals surface area contributed by atoms with Gasteiger partial charge >= 0.3 is 0 Å². The second-order valence-corrected chi connectivity index (χ2v) is 16.4. The molecule has 0 saturated heterocycles. The first-order valence-corrected chi connectivity index (χ1v) is 20.9. The van der Waals surface area contributed by atoms with Crippen LogP contribution < -0.4 is 0 Å². The second kappa shape index (κ2) is 14.8. The average molecular weight is 780 g/mol. The molecule has 3 heteroatoms. The summed E-state index contributed by atoms with van der Waals surface area (Å²) in [5.41, 5.74) is 17.0. The quantitative estimate of drug-likeness (QED) is 0.162. The van der Waals surface area contributed by atoms with Crippen LogP contribution in [-0.4, -0.2) is 15.0 Å². The third kappa shape index (κ3) is 6.43. The molecule has 9 aromatic carbocycles. The summed E-state index contributed by atoms with van der Waals surface area (Å²) in [5, 5.41) is 2.23. The standard InChI is InChI=1S/C58H41N3/c1-58(2)52-28-15-14-26-47(52)50-35-44(33-34-53(50)58)49-36-45(39-19-8-4-9-20-39)37-51(54(49)42-22-10-5-11-23-42)57-60-55(43-31-29-40(30-32-43)38-17-6-3-7-18-38)59-56(61-57)48-27-16-24-41-21-12-13-25-46(41)48/h3-37H,1-2H3. The minimum Gasteiger partial charge on any atom is -0.208 e. The number of nitrogens with zero attached hydrogens (tertiary/aromatic N) is 3. The van der Waals surface area contributed by atoms with E-state index in [9.17, 15) is 0 Å². The molecule has 1 aliphatic rings. The Morgan fingerprint density at radius 2 is 0.770 bits per heavy atom. The molecule has 0 saturated carbocycles. The van der Waals surface area contributed by atoms with E-state index >= 15 is 0 Å². The predicted molar refractivity (Wildman–Crippen MR) is 253 cm³/mol. The van der Waals surface area contributed by atoms with Gasteiger partial charge in [-0.2, -0.15) is 0 Å². The molecule has 0 atom stereocenters. The van der Waals surface area contributed by atoms with Gasteiger partial charge in [0.1, 0.15) is 0 Å². The maximum atomic E-state index is 5.45. The summed E-state index contributed by atoms with van der Waals surface area (Å²) in [5.74, 6) is 1.87. The van der Waals surface area contributed by atoms with E-state index in [1.165, 1.54) is 22.3 Å². The van der Waals surface area contributed by atoms with Crippen molar-refractivity contribution in [1.29, 1.82) is 0 Å². The third-order valence-electron chi connectivity index (χ3n) is 12.4. The number of benzene rings is 9. The molecule has 10 aromatic rings. The van der Waals surface area contributed by atoms with Crippen LogP contribution in [-0.2, 0) is 5.41 Å². The number of hydrogen-bond donors (Lipinski definition) is 0. The fourth-order valence-corrected chi connectivity index (χ4v) is 9.26. The van der Waals surface area contributed by atoms with Crippen LogP contribution in [0.3, 0.4) is 0 Å². The smallest absolute Gasteiger partial charge is 0.164 e. The third-order valence-corrected chi connectivity index (χ3v) is 12.4. The highest BCUT2D eigenvalue weighted by Crippen LogP contribution is 2.51.